The predicted octanol–water partition coefficient (Wildman–Crippen LogP) is 2.34. The first-order valence-corrected chi connectivity index (χ1v) is 8.78. The van der Waals surface area contributed by atoms with Gasteiger partial charge in [-0.05, 0) is 50.3 Å². The molecule has 3 aromatic rings. The van der Waals surface area contributed by atoms with Gasteiger partial charge in [-0.15, -0.1) is 21.5 Å². The van der Waals surface area contributed by atoms with Gasteiger partial charge in [-0.2, -0.15) is 5.21 Å². The molecule has 0 unspecified atom stereocenters. The molecule has 1 aliphatic carbocycles. The fourth-order valence-corrected chi connectivity index (χ4v) is 4.20. The standard InChI is InChI=1S/C16H18N6OS/c1-9-3-4-10(2)22(9)16-13(5-6-24-16)15(23)17-12-7-11(8-12)14-18-20-21-19-14/h3-6,11-12H,7-8H2,1-2H3,(H,17,23)(H,18,19,20,21). The van der Waals surface area contributed by atoms with Gasteiger partial charge in [0.25, 0.3) is 5.91 Å². The summed E-state index contributed by atoms with van der Waals surface area (Å²) in [5.41, 5.74) is 2.99. The monoisotopic (exact) mass is 342 g/mol. The summed E-state index contributed by atoms with van der Waals surface area (Å²) >= 11 is 1.58. The summed E-state index contributed by atoms with van der Waals surface area (Å²) in [4.78, 5) is 12.7. The SMILES string of the molecule is Cc1ccc(C)n1-c1sccc1C(=O)NC1CC(c2nn[nH]n2)C1. The van der Waals surface area contributed by atoms with Gasteiger partial charge in [0.1, 0.15) is 5.00 Å². The number of H-pyrrole nitrogens is 1. The number of tetrazole rings is 1. The number of aromatic amines is 1. The van der Waals surface area contributed by atoms with E-state index in [4.69, 9.17) is 0 Å². The topological polar surface area (TPSA) is 88.5 Å². The minimum atomic E-state index is -0.0182. The normalized spacial score (nSPS) is 19.9. The van der Waals surface area contributed by atoms with E-state index < -0.39 is 0 Å². The first-order chi connectivity index (χ1) is 11.6. The van der Waals surface area contributed by atoms with Crippen LogP contribution in [0.1, 0.15) is 46.3 Å². The Kier molecular flexibility index (Phi) is 3.68. The van der Waals surface area contributed by atoms with Gasteiger partial charge in [-0.25, -0.2) is 0 Å². The van der Waals surface area contributed by atoms with Gasteiger partial charge in [0.05, 0.1) is 5.56 Å². The molecule has 3 heterocycles. The van der Waals surface area contributed by atoms with Crippen molar-refractivity contribution >= 4 is 17.2 Å². The fourth-order valence-electron chi connectivity index (χ4n) is 3.19. The summed E-state index contributed by atoms with van der Waals surface area (Å²) in [5.74, 6) is 0.996. The molecule has 7 nitrogen and oxygen atoms in total. The maximum absolute atomic E-state index is 12.7. The molecule has 0 spiro atoms. The van der Waals surface area contributed by atoms with Gasteiger partial charge in [0, 0.05) is 23.3 Å². The summed E-state index contributed by atoms with van der Waals surface area (Å²) in [6.07, 6.45) is 1.71. The minimum Gasteiger partial charge on any atom is -0.349 e. The molecule has 0 radical (unpaired) electrons. The van der Waals surface area contributed by atoms with Crippen LogP contribution in [-0.4, -0.2) is 37.1 Å². The summed E-state index contributed by atoms with van der Waals surface area (Å²) in [6.45, 7) is 4.10. The lowest BCUT2D eigenvalue weighted by molar-refractivity contribution is 0.0908. The van der Waals surface area contributed by atoms with Crippen molar-refractivity contribution in [1.29, 1.82) is 0 Å². The Morgan fingerprint density at radius 2 is 2.04 bits per heavy atom. The highest BCUT2D eigenvalue weighted by molar-refractivity contribution is 7.13. The number of carbonyl (C=O) groups is 1. The van der Waals surface area contributed by atoms with E-state index in [0.717, 1.165) is 40.6 Å². The third kappa shape index (κ3) is 2.52. The van der Waals surface area contributed by atoms with E-state index in [2.05, 4.69) is 56.5 Å². The molecule has 0 aliphatic heterocycles. The molecule has 124 valence electrons. The van der Waals surface area contributed by atoms with E-state index in [1.165, 1.54) is 0 Å². The number of hydrogen-bond acceptors (Lipinski definition) is 5. The number of rotatable bonds is 4. The first-order valence-electron chi connectivity index (χ1n) is 7.90. The van der Waals surface area contributed by atoms with E-state index in [1.54, 1.807) is 11.3 Å². The molecule has 4 rings (SSSR count). The van der Waals surface area contributed by atoms with Crippen LogP contribution in [-0.2, 0) is 0 Å². The van der Waals surface area contributed by atoms with Crippen LogP contribution in [0.25, 0.3) is 5.00 Å². The zero-order chi connectivity index (χ0) is 16.7. The molecule has 24 heavy (non-hydrogen) atoms. The molecule has 1 amide bonds. The predicted molar refractivity (Wildman–Crippen MR) is 90.5 cm³/mol. The van der Waals surface area contributed by atoms with Crippen molar-refractivity contribution in [3.63, 3.8) is 0 Å². The average molecular weight is 342 g/mol. The largest absolute Gasteiger partial charge is 0.349 e. The van der Waals surface area contributed by atoms with Gasteiger partial charge in [-0.3, -0.25) is 4.79 Å². The molecular weight excluding hydrogens is 324 g/mol. The lowest BCUT2D eigenvalue weighted by atomic mass is 9.79. The molecule has 1 saturated carbocycles. The number of nitrogens with zero attached hydrogens (tertiary/aromatic N) is 4. The zero-order valence-corrected chi connectivity index (χ0v) is 14.3. The van der Waals surface area contributed by atoms with Crippen LogP contribution in [0.15, 0.2) is 23.6 Å². The van der Waals surface area contributed by atoms with Crippen molar-refractivity contribution in [2.24, 2.45) is 0 Å². The second kappa shape index (κ2) is 5.86. The average Bonchev–Trinajstić information content (AvgIpc) is 3.24. The highest BCUT2D eigenvalue weighted by Crippen LogP contribution is 2.35. The molecular formula is C16H18N6OS. The quantitative estimate of drug-likeness (QED) is 0.762. The second-order valence-electron chi connectivity index (χ2n) is 6.20. The van der Waals surface area contributed by atoms with Gasteiger partial charge in [0.15, 0.2) is 5.82 Å². The Bertz CT molecular complexity index is 840. The van der Waals surface area contributed by atoms with Crippen molar-refractivity contribution < 1.29 is 4.79 Å². The molecule has 0 saturated heterocycles. The summed E-state index contributed by atoms with van der Waals surface area (Å²) in [7, 11) is 0. The summed E-state index contributed by atoms with van der Waals surface area (Å²) < 4.78 is 2.13. The lowest BCUT2D eigenvalue weighted by Gasteiger charge is -2.33. The van der Waals surface area contributed by atoms with E-state index in [-0.39, 0.29) is 17.9 Å². The van der Waals surface area contributed by atoms with Gasteiger partial charge in [0.2, 0.25) is 0 Å². The molecule has 0 aromatic carbocycles. The van der Waals surface area contributed by atoms with Gasteiger partial charge in [-0.1, -0.05) is 5.21 Å². The number of carbonyl (C=O) groups excluding carboxylic acids is 1. The Morgan fingerprint density at radius 3 is 2.71 bits per heavy atom. The van der Waals surface area contributed by atoms with Crippen molar-refractivity contribution in [2.75, 3.05) is 0 Å². The highest BCUT2D eigenvalue weighted by Gasteiger charge is 2.34. The van der Waals surface area contributed by atoms with Crippen LogP contribution in [0.2, 0.25) is 0 Å². The van der Waals surface area contributed by atoms with Crippen LogP contribution in [0.4, 0.5) is 0 Å². The Labute approximate surface area is 143 Å². The highest BCUT2D eigenvalue weighted by atomic mass is 32.1. The smallest absolute Gasteiger partial charge is 0.254 e. The Hall–Kier alpha value is -2.48. The lowest BCUT2D eigenvalue weighted by Crippen LogP contribution is -2.43. The van der Waals surface area contributed by atoms with Crippen LogP contribution in [0, 0.1) is 13.8 Å². The molecule has 1 aliphatic rings. The second-order valence-corrected chi connectivity index (χ2v) is 7.09. The van der Waals surface area contributed by atoms with Crippen LogP contribution in [0.5, 0.6) is 0 Å². The van der Waals surface area contributed by atoms with Crippen molar-refractivity contribution in [1.82, 2.24) is 30.5 Å². The van der Waals surface area contributed by atoms with Gasteiger partial charge >= 0.3 is 0 Å². The summed E-state index contributed by atoms with van der Waals surface area (Å²) in [5, 5.41) is 20.1. The van der Waals surface area contributed by atoms with Crippen LogP contribution >= 0.6 is 11.3 Å². The minimum absolute atomic E-state index is 0.0182. The van der Waals surface area contributed by atoms with Crippen molar-refractivity contribution in [3.8, 4) is 5.00 Å². The number of aryl methyl sites for hydroxylation is 2. The molecule has 0 bridgehead atoms. The molecule has 3 aromatic heterocycles. The summed E-state index contributed by atoms with van der Waals surface area (Å²) in [6, 6.07) is 6.19. The number of hydrogen-bond donors (Lipinski definition) is 2. The maximum Gasteiger partial charge on any atom is 0.254 e. The fraction of sp³-hybridized carbons (Fsp3) is 0.375. The van der Waals surface area contributed by atoms with Crippen LogP contribution in [0.3, 0.4) is 0 Å². The number of thiophene rings is 1. The maximum atomic E-state index is 12.7. The first kappa shape index (κ1) is 15.1. The van der Waals surface area contributed by atoms with Crippen molar-refractivity contribution in [3.05, 3.63) is 46.4 Å². The van der Waals surface area contributed by atoms with E-state index in [9.17, 15) is 4.79 Å². The van der Waals surface area contributed by atoms with Gasteiger partial charge < -0.3 is 9.88 Å². The third-order valence-corrected chi connectivity index (χ3v) is 5.46. The zero-order valence-electron chi connectivity index (χ0n) is 13.5. The van der Waals surface area contributed by atoms with Crippen LogP contribution < -0.4 is 5.32 Å². The van der Waals surface area contributed by atoms with E-state index >= 15 is 0 Å². The number of nitrogens with one attached hydrogen (secondary N) is 2. The van der Waals surface area contributed by atoms with E-state index in [1.807, 2.05) is 11.4 Å². The Morgan fingerprint density at radius 1 is 1.29 bits per heavy atom. The van der Waals surface area contributed by atoms with Crippen molar-refractivity contribution in [2.45, 2.75) is 38.6 Å². The molecule has 8 heteroatoms. The molecule has 2 N–H and O–H groups in total. The Balaban J connectivity index is 1.46. The van der Waals surface area contributed by atoms with E-state index in [0.29, 0.717) is 0 Å². The number of amides is 1. The third-order valence-electron chi connectivity index (χ3n) is 4.56. The molecule has 0 atom stereocenters. The number of aromatic nitrogens is 5. The molecule has 1 fully saturated rings.